The van der Waals surface area contributed by atoms with E-state index in [4.69, 9.17) is 0 Å². The van der Waals surface area contributed by atoms with E-state index >= 15 is 0 Å². The Morgan fingerprint density at radius 2 is 1.94 bits per heavy atom. The maximum absolute atomic E-state index is 4.05. The average molecular weight is 228 g/mol. The molecule has 1 aromatic carbocycles. The number of nitrogens with zero attached hydrogens (tertiary/aromatic N) is 1. The number of aromatic nitrogens is 2. The van der Waals surface area contributed by atoms with Gasteiger partial charge < -0.3 is 4.98 Å². The van der Waals surface area contributed by atoms with Crippen molar-refractivity contribution in [2.45, 2.75) is 39.5 Å². The molecule has 0 atom stereocenters. The molecule has 0 saturated carbocycles. The first kappa shape index (κ1) is 11.9. The zero-order valence-electron chi connectivity index (χ0n) is 10.7. The van der Waals surface area contributed by atoms with Crippen LogP contribution in [0.3, 0.4) is 0 Å². The van der Waals surface area contributed by atoms with Gasteiger partial charge in [0.05, 0.1) is 6.33 Å². The third kappa shape index (κ3) is 2.96. The van der Waals surface area contributed by atoms with Crippen molar-refractivity contribution >= 4 is 0 Å². The van der Waals surface area contributed by atoms with Gasteiger partial charge in [-0.1, -0.05) is 32.0 Å². The van der Waals surface area contributed by atoms with Crippen molar-refractivity contribution in [1.82, 2.24) is 9.97 Å². The molecule has 0 aliphatic rings. The molecular formula is C15H20N2. The number of H-pyrrole nitrogens is 1. The lowest BCUT2D eigenvalue weighted by molar-refractivity contribution is 0.900. The van der Waals surface area contributed by atoms with Crippen molar-refractivity contribution in [1.29, 1.82) is 0 Å². The summed E-state index contributed by atoms with van der Waals surface area (Å²) < 4.78 is 0. The summed E-state index contributed by atoms with van der Waals surface area (Å²) in [7, 11) is 0. The highest BCUT2D eigenvalue weighted by molar-refractivity contribution is 5.32. The van der Waals surface area contributed by atoms with Crippen LogP contribution >= 0.6 is 0 Å². The lowest BCUT2D eigenvalue weighted by Crippen LogP contribution is -1.98. The van der Waals surface area contributed by atoms with Gasteiger partial charge in [-0.15, -0.1) is 0 Å². The number of hydrogen-bond donors (Lipinski definition) is 1. The Balaban J connectivity index is 2.09. The summed E-state index contributed by atoms with van der Waals surface area (Å²) in [5.74, 6) is 0. The highest BCUT2D eigenvalue weighted by Gasteiger charge is 2.03. The summed E-state index contributed by atoms with van der Waals surface area (Å²) in [6.45, 7) is 4.44. The number of aryl methyl sites for hydroxylation is 4. The zero-order valence-corrected chi connectivity index (χ0v) is 10.7. The molecule has 2 rings (SSSR count). The van der Waals surface area contributed by atoms with Crippen LogP contribution in [-0.2, 0) is 25.7 Å². The average Bonchev–Trinajstić information content (AvgIpc) is 2.89. The fraction of sp³-hybridized carbons (Fsp3) is 0.400. The quantitative estimate of drug-likeness (QED) is 0.835. The van der Waals surface area contributed by atoms with Crippen LogP contribution in [0.4, 0.5) is 0 Å². The maximum Gasteiger partial charge on any atom is 0.0921 e. The Kier molecular flexibility index (Phi) is 3.97. The number of aromatic amines is 1. The summed E-state index contributed by atoms with van der Waals surface area (Å²) in [6.07, 6.45) is 8.02. The van der Waals surface area contributed by atoms with Gasteiger partial charge in [0.15, 0.2) is 0 Å². The summed E-state index contributed by atoms with van der Waals surface area (Å²) in [4.78, 5) is 7.21. The number of hydrogen-bond acceptors (Lipinski definition) is 1. The van der Waals surface area contributed by atoms with E-state index in [-0.39, 0.29) is 0 Å². The molecule has 0 spiro atoms. The van der Waals surface area contributed by atoms with Gasteiger partial charge in [-0.3, -0.25) is 0 Å². The maximum atomic E-state index is 4.05. The van der Waals surface area contributed by atoms with E-state index in [0.29, 0.717) is 0 Å². The first-order valence-corrected chi connectivity index (χ1v) is 6.41. The molecule has 2 aromatic rings. The van der Waals surface area contributed by atoms with Crippen LogP contribution < -0.4 is 0 Å². The Hall–Kier alpha value is -1.57. The molecule has 0 aliphatic heterocycles. The van der Waals surface area contributed by atoms with E-state index in [1.165, 1.54) is 22.4 Å². The first-order valence-electron chi connectivity index (χ1n) is 6.41. The monoisotopic (exact) mass is 228 g/mol. The molecule has 0 unspecified atom stereocenters. The van der Waals surface area contributed by atoms with Crippen LogP contribution in [0.5, 0.6) is 0 Å². The second-order valence-corrected chi connectivity index (χ2v) is 4.39. The van der Waals surface area contributed by atoms with E-state index in [9.17, 15) is 0 Å². The highest BCUT2D eigenvalue weighted by Crippen LogP contribution is 2.15. The second-order valence-electron chi connectivity index (χ2n) is 4.39. The van der Waals surface area contributed by atoms with Crippen LogP contribution in [-0.4, -0.2) is 9.97 Å². The summed E-state index contributed by atoms with van der Waals surface area (Å²) in [5, 5.41) is 0. The Labute approximate surface area is 103 Å². The van der Waals surface area contributed by atoms with Gasteiger partial charge in [0.25, 0.3) is 0 Å². The van der Waals surface area contributed by atoms with Crippen molar-refractivity contribution in [3.8, 4) is 0 Å². The van der Waals surface area contributed by atoms with E-state index in [0.717, 1.165) is 25.7 Å². The fourth-order valence-corrected chi connectivity index (χ4v) is 2.16. The van der Waals surface area contributed by atoms with E-state index < -0.39 is 0 Å². The van der Waals surface area contributed by atoms with E-state index in [1.807, 2.05) is 6.20 Å². The number of imidazole rings is 1. The highest BCUT2D eigenvalue weighted by atomic mass is 14.9. The second kappa shape index (κ2) is 5.67. The van der Waals surface area contributed by atoms with Crippen LogP contribution in [0.1, 0.15) is 36.2 Å². The van der Waals surface area contributed by atoms with Crippen LogP contribution in [0, 0.1) is 0 Å². The topological polar surface area (TPSA) is 28.7 Å². The molecule has 1 N–H and O–H groups in total. The van der Waals surface area contributed by atoms with Crippen molar-refractivity contribution < 1.29 is 0 Å². The van der Waals surface area contributed by atoms with E-state index in [1.54, 1.807) is 6.33 Å². The van der Waals surface area contributed by atoms with Crippen molar-refractivity contribution in [2.75, 3.05) is 0 Å². The minimum atomic E-state index is 1.04. The van der Waals surface area contributed by atoms with Crippen molar-refractivity contribution in [2.24, 2.45) is 0 Å². The van der Waals surface area contributed by atoms with E-state index in [2.05, 4.69) is 42.0 Å². The van der Waals surface area contributed by atoms with Gasteiger partial charge in [0.2, 0.25) is 0 Å². The lowest BCUT2D eigenvalue weighted by Gasteiger charge is -2.09. The smallest absolute Gasteiger partial charge is 0.0921 e. The number of benzene rings is 1. The predicted molar refractivity (Wildman–Crippen MR) is 71.2 cm³/mol. The lowest BCUT2D eigenvalue weighted by atomic mass is 9.97. The summed E-state index contributed by atoms with van der Waals surface area (Å²) in [6, 6.07) is 6.89. The van der Waals surface area contributed by atoms with Gasteiger partial charge >= 0.3 is 0 Å². The van der Waals surface area contributed by atoms with Gasteiger partial charge in [0.1, 0.15) is 0 Å². The standard InChI is InChI=1S/C15H20N2/c1-3-12-5-6-14(13(4-2)9-12)7-8-15-10-16-11-17-15/h5-6,9-11H,3-4,7-8H2,1-2H3,(H,16,17). The molecule has 0 bridgehead atoms. The number of rotatable bonds is 5. The SMILES string of the molecule is CCc1ccc(CCc2cnc[nH]2)c(CC)c1. The molecule has 0 saturated heterocycles. The molecule has 2 nitrogen and oxygen atoms in total. The third-order valence-corrected chi connectivity index (χ3v) is 3.28. The molecule has 0 aliphatic carbocycles. The molecule has 0 radical (unpaired) electrons. The molecule has 2 heteroatoms. The molecule has 1 aromatic heterocycles. The van der Waals surface area contributed by atoms with Crippen molar-refractivity contribution in [3.05, 3.63) is 53.1 Å². The largest absolute Gasteiger partial charge is 0.348 e. The minimum Gasteiger partial charge on any atom is -0.348 e. The Bertz CT molecular complexity index is 458. The normalized spacial score (nSPS) is 10.7. The van der Waals surface area contributed by atoms with Crippen molar-refractivity contribution in [3.63, 3.8) is 0 Å². The molecule has 0 amide bonds. The zero-order chi connectivity index (χ0) is 12.1. The third-order valence-electron chi connectivity index (χ3n) is 3.28. The van der Waals surface area contributed by atoms with Gasteiger partial charge in [0, 0.05) is 11.9 Å². The van der Waals surface area contributed by atoms with Crippen LogP contribution in [0.2, 0.25) is 0 Å². The minimum absolute atomic E-state index is 1.04. The molecule has 0 fully saturated rings. The first-order chi connectivity index (χ1) is 8.33. The molecule has 17 heavy (non-hydrogen) atoms. The van der Waals surface area contributed by atoms with Gasteiger partial charge in [-0.05, 0) is 42.4 Å². The predicted octanol–water partition coefficient (Wildman–Crippen LogP) is 3.32. The molecular weight excluding hydrogens is 208 g/mol. The molecule has 1 heterocycles. The molecule has 90 valence electrons. The number of nitrogens with one attached hydrogen (secondary N) is 1. The van der Waals surface area contributed by atoms with Gasteiger partial charge in [-0.2, -0.15) is 0 Å². The van der Waals surface area contributed by atoms with Crippen LogP contribution in [0.25, 0.3) is 0 Å². The fourth-order valence-electron chi connectivity index (χ4n) is 2.16. The summed E-state index contributed by atoms with van der Waals surface area (Å²) in [5.41, 5.74) is 5.61. The Morgan fingerprint density at radius 1 is 1.06 bits per heavy atom. The van der Waals surface area contributed by atoms with Crippen LogP contribution in [0.15, 0.2) is 30.7 Å². The van der Waals surface area contributed by atoms with Gasteiger partial charge in [-0.25, -0.2) is 4.98 Å². The summed E-state index contributed by atoms with van der Waals surface area (Å²) >= 11 is 0. The Morgan fingerprint density at radius 3 is 2.59 bits per heavy atom.